The second-order valence-corrected chi connectivity index (χ2v) is 34.8. The van der Waals surface area contributed by atoms with Crippen LogP contribution >= 0.6 is 11.3 Å². The summed E-state index contributed by atoms with van der Waals surface area (Å²) in [5, 5.41) is 4.80. The van der Waals surface area contributed by atoms with Gasteiger partial charge in [-0.2, -0.15) is 0 Å². The zero-order valence-electron chi connectivity index (χ0n) is 67.1. The quantitative estimate of drug-likeness (QED) is 0.122. The average molecular weight is 1550 g/mol. The van der Waals surface area contributed by atoms with Gasteiger partial charge < -0.3 is 14.2 Å². The zero-order valence-corrected chi connectivity index (χ0v) is 67.9. The normalized spacial score (nSPS) is 14.1. The Hall–Kier alpha value is -14.4. The van der Waals surface area contributed by atoms with Gasteiger partial charge in [0.05, 0.1) is 10.8 Å². The Morgan fingerprint density at radius 2 is 0.508 bits per heavy atom. The average Bonchev–Trinajstić information content (AvgIpc) is 1.52. The lowest BCUT2D eigenvalue weighted by Gasteiger charge is -2.34. The van der Waals surface area contributed by atoms with Crippen LogP contribution in [0.25, 0.3) is 109 Å². The lowest BCUT2D eigenvalue weighted by atomic mass is 9.67. The van der Waals surface area contributed by atoms with Gasteiger partial charge in [0.15, 0.2) is 0 Å². The topological polar surface area (TPSA) is 19.6 Å². The Kier molecular flexibility index (Phi) is 16.3. The van der Waals surface area contributed by atoms with Crippen molar-refractivity contribution < 1.29 is 4.42 Å². The molecule has 4 aliphatic carbocycles. The van der Waals surface area contributed by atoms with Crippen LogP contribution < -0.4 is 9.80 Å². The minimum atomic E-state index is -0.490. The van der Waals surface area contributed by atoms with Gasteiger partial charge in [-0.05, 0) is 225 Å². The summed E-state index contributed by atoms with van der Waals surface area (Å²) in [6.45, 7) is 9.42. The first-order chi connectivity index (χ1) is 59.0. The molecule has 18 aromatic carbocycles. The van der Waals surface area contributed by atoms with Gasteiger partial charge >= 0.3 is 0 Å². The maximum Gasteiger partial charge on any atom is 0.137 e. The van der Waals surface area contributed by atoms with Gasteiger partial charge in [-0.3, -0.25) is 0 Å². The molecule has 120 heavy (non-hydrogen) atoms. The molecule has 568 valence electrons. The van der Waals surface area contributed by atoms with Crippen LogP contribution in [0.15, 0.2) is 429 Å². The van der Waals surface area contributed by atoms with E-state index in [0.717, 1.165) is 56.1 Å². The van der Waals surface area contributed by atoms with Crippen LogP contribution in [0.1, 0.15) is 94.5 Å². The molecule has 0 saturated carbocycles. The predicted molar refractivity (Wildman–Crippen MR) is 503 cm³/mol. The molecule has 0 unspecified atom stereocenters. The van der Waals surface area contributed by atoms with Crippen molar-refractivity contribution in [1.82, 2.24) is 0 Å². The van der Waals surface area contributed by atoms with Crippen molar-refractivity contribution >= 4 is 87.6 Å². The standard InChI is InChI=1S/C58H41NO.C58H41NS/c1-57(2)51-22-12-9-19-45(51)48-33-30-43(36-54(48)57)59(42-28-25-39(26-29-42)38-15-5-3-6-16-38)44-31-34-50-49-32-27-41(35-55(49)60-56(50)37-44)58(40-17-7-4-8-18-40)52-23-13-10-20-46(52)47-21-11-14-24-53(47)58;1-57(2)51-22-12-9-19-45(51)48-32-30-43(36-54(48)57)59(42-28-25-39(26-29-42)38-15-5-3-6-16-38)44-31-33-49-50-35-41(27-34-55(50)60-56(49)37-44)58(40-17-7-4-8-18-40)52-23-13-10-20-46(52)47-21-11-14-24-53(47)58/h2*3-37H,1-2H3. The van der Waals surface area contributed by atoms with Crippen LogP contribution in [0.3, 0.4) is 0 Å². The Morgan fingerprint density at radius 1 is 0.200 bits per heavy atom. The number of anilines is 6. The number of nitrogens with zero attached hydrogens (tertiary/aromatic N) is 2. The molecular formula is C116H82N2OS. The number of fused-ring (bicyclic) bond motifs is 18. The summed E-state index contributed by atoms with van der Waals surface area (Å²) in [6.07, 6.45) is 0. The molecule has 20 aromatic rings. The van der Waals surface area contributed by atoms with Crippen molar-refractivity contribution in [2.45, 2.75) is 49.4 Å². The van der Waals surface area contributed by atoms with Crippen molar-refractivity contribution in [2.75, 3.05) is 9.80 Å². The highest BCUT2D eigenvalue weighted by molar-refractivity contribution is 7.25. The fourth-order valence-electron chi connectivity index (χ4n) is 21.1. The van der Waals surface area contributed by atoms with E-state index in [4.69, 9.17) is 4.42 Å². The summed E-state index contributed by atoms with van der Waals surface area (Å²) < 4.78 is 9.55. The van der Waals surface area contributed by atoms with Crippen molar-refractivity contribution in [2.24, 2.45) is 0 Å². The highest BCUT2D eigenvalue weighted by atomic mass is 32.1. The number of rotatable bonds is 12. The number of hydrogen-bond donors (Lipinski definition) is 0. The fourth-order valence-corrected chi connectivity index (χ4v) is 22.2. The first kappa shape index (κ1) is 70.9. The van der Waals surface area contributed by atoms with Gasteiger partial charge in [0.2, 0.25) is 0 Å². The van der Waals surface area contributed by atoms with Crippen LogP contribution in [0, 0.1) is 0 Å². The Labute approximate surface area is 704 Å². The fraction of sp³-hybridized carbons (Fsp3) is 0.0690. The van der Waals surface area contributed by atoms with E-state index in [0.29, 0.717) is 0 Å². The molecule has 0 amide bonds. The molecule has 0 bridgehead atoms. The maximum absolute atomic E-state index is 6.97. The molecule has 2 aromatic heterocycles. The first-order valence-electron chi connectivity index (χ1n) is 41.8. The van der Waals surface area contributed by atoms with E-state index in [1.54, 1.807) is 0 Å². The minimum Gasteiger partial charge on any atom is -0.456 e. The summed E-state index contributed by atoms with van der Waals surface area (Å²) in [5.74, 6) is 0. The van der Waals surface area contributed by atoms with Crippen molar-refractivity contribution in [3.63, 3.8) is 0 Å². The molecule has 4 aliphatic rings. The summed E-state index contributed by atoms with van der Waals surface area (Å²) in [4.78, 5) is 4.82. The highest BCUT2D eigenvalue weighted by Gasteiger charge is 2.48. The van der Waals surface area contributed by atoms with E-state index < -0.39 is 10.8 Å². The molecular weight excluding hydrogens is 1470 g/mol. The largest absolute Gasteiger partial charge is 0.456 e. The highest BCUT2D eigenvalue weighted by Crippen LogP contribution is 2.60. The number of hydrogen-bond acceptors (Lipinski definition) is 4. The van der Waals surface area contributed by atoms with E-state index in [9.17, 15) is 0 Å². The third kappa shape index (κ3) is 10.8. The summed E-state index contributed by atoms with van der Waals surface area (Å²) >= 11 is 1.89. The van der Waals surface area contributed by atoms with Crippen LogP contribution in [0.2, 0.25) is 0 Å². The SMILES string of the molecule is CC1(C)c2ccccc2-c2ccc(N(c3ccc(-c4ccccc4)cc3)c3ccc4c(c3)oc3cc(C5(c6ccccc6)c6ccccc6-c6ccccc65)ccc34)cc21.CC1(C)c2ccccc2-c2ccc(N(c3ccc(-c4ccccc4)cc3)c3ccc4c(c3)sc3ccc(C5(c6ccccc6)c6ccccc6-c6ccccc65)cc34)cc21. The minimum absolute atomic E-state index is 0.102. The maximum atomic E-state index is 6.97. The van der Waals surface area contributed by atoms with Gasteiger partial charge in [-0.1, -0.05) is 355 Å². The molecule has 2 heterocycles. The van der Waals surface area contributed by atoms with Gasteiger partial charge in [-0.25, -0.2) is 0 Å². The second kappa shape index (κ2) is 27.6. The molecule has 0 spiro atoms. The van der Waals surface area contributed by atoms with E-state index in [-0.39, 0.29) is 10.8 Å². The van der Waals surface area contributed by atoms with E-state index in [1.807, 2.05) is 11.3 Å². The van der Waals surface area contributed by atoms with Gasteiger partial charge in [0.25, 0.3) is 0 Å². The van der Waals surface area contributed by atoms with E-state index in [2.05, 4.69) is 462 Å². The van der Waals surface area contributed by atoms with Crippen molar-refractivity contribution in [1.29, 1.82) is 0 Å². The van der Waals surface area contributed by atoms with Crippen LogP contribution in [0.5, 0.6) is 0 Å². The predicted octanol–water partition coefficient (Wildman–Crippen LogP) is 31.3. The molecule has 0 fully saturated rings. The van der Waals surface area contributed by atoms with E-state index in [1.165, 1.54) is 154 Å². The Bertz CT molecular complexity index is 7170. The van der Waals surface area contributed by atoms with E-state index >= 15 is 0 Å². The molecule has 0 aliphatic heterocycles. The zero-order chi connectivity index (χ0) is 80.0. The third-order valence-corrected chi connectivity index (χ3v) is 27.9. The Morgan fingerprint density at radius 3 is 0.950 bits per heavy atom. The van der Waals surface area contributed by atoms with Gasteiger partial charge in [-0.15, -0.1) is 11.3 Å². The second-order valence-electron chi connectivity index (χ2n) is 33.7. The van der Waals surface area contributed by atoms with Crippen LogP contribution in [0.4, 0.5) is 34.1 Å². The molecule has 4 heteroatoms. The Balaban J connectivity index is 0.000000140. The van der Waals surface area contributed by atoms with Crippen LogP contribution in [-0.4, -0.2) is 0 Å². The molecule has 0 radical (unpaired) electrons. The van der Waals surface area contributed by atoms with Crippen LogP contribution in [-0.2, 0) is 21.7 Å². The molecule has 3 nitrogen and oxygen atoms in total. The van der Waals surface area contributed by atoms with Gasteiger partial charge in [0.1, 0.15) is 11.2 Å². The summed E-state index contributed by atoms with van der Waals surface area (Å²) in [7, 11) is 0. The number of furan rings is 1. The first-order valence-corrected chi connectivity index (χ1v) is 42.7. The molecule has 0 atom stereocenters. The summed E-state index contributed by atoms with van der Waals surface area (Å²) in [6, 6.07) is 157. The smallest absolute Gasteiger partial charge is 0.137 e. The third-order valence-electron chi connectivity index (χ3n) is 26.7. The lowest BCUT2D eigenvalue weighted by molar-refractivity contribution is 0.660. The van der Waals surface area contributed by atoms with Crippen molar-refractivity contribution in [3.05, 3.63) is 491 Å². The number of thiophene rings is 1. The van der Waals surface area contributed by atoms with Gasteiger partial charge in [0, 0.05) is 82.0 Å². The monoisotopic (exact) mass is 1550 g/mol. The lowest BCUT2D eigenvalue weighted by Crippen LogP contribution is -2.28. The molecule has 24 rings (SSSR count). The van der Waals surface area contributed by atoms with Crippen molar-refractivity contribution in [3.8, 4) is 66.8 Å². The molecule has 0 N–H and O–H groups in total. The number of benzene rings is 18. The summed E-state index contributed by atoms with van der Waals surface area (Å²) in [5.41, 5.74) is 38.4. The molecule has 0 saturated heterocycles.